The van der Waals surface area contributed by atoms with Gasteiger partial charge in [0.15, 0.2) is 5.82 Å². The van der Waals surface area contributed by atoms with Crippen molar-refractivity contribution in [1.82, 2.24) is 15.2 Å². The van der Waals surface area contributed by atoms with E-state index in [0.29, 0.717) is 11.8 Å². The van der Waals surface area contributed by atoms with Crippen LogP contribution in [0.5, 0.6) is 5.75 Å². The first-order valence-corrected chi connectivity index (χ1v) is 7.14. The Bertz CT molecular complexity index is 615. The third-order valence-electron chi connectivity index (χ3n) is 3.81. The second-order valence-corrected chi connectivity index (χ2v) is 5.21. The first-order chi connectivity index (χ1) is 10.3. The molecule has 0 atom stereocenters. The number of aromatic amines is 1. The lowest BCUT2D eigenvalue weighted by atomic mass is 10.1. The van der Waals surface area contributed by atoms with Gasteiger partial charge in [-0.15, -0.1) is 5.10 Å². The van der Waals surface area contributed by atoms with Crippen molar-refractivity contribution >= 4 is 11.9 Å². The third-order valence-corrected chi connectivity index (χ3v) is 3.81. The van der Waals surface area contributed by atoms with E-state index in [1.54, 1.807) is 7.11 Å². The quantitative estimate of drug-likeness (QED) is 0.905. The Hall–Kier alpha value is -2.37. The minimum Gasteiger partial charge on any atom is -0.497 e. The van der Waals surface area contributed by atoms with Gasteiger partial charge in [0.1, 0.15) is 5.75 Å². The number of methoxy groups -OCH3 is 1. The summed E-state index contributed by atoms with van der Waals surface area (Å²) in [7, 11) is 1.63. The summed E-state index contributed by atoms with van der Waals surface area (Å²) in [5, 5.41) is 9.67. The molecule has 1 aromatic heterocycles. The number of hydrogen-bond acceptors (Lipinski definition) is 4. The zero-order chi connectivity index (χ0) is 14.7. The molecule has 1 saturated carbocycles. The van der Waals surface area contributed by atoms with E-state index in [0.717, 1.165) is 37.0 Å². The Balaban J connectivity index is 1.68. The van der Waals surface area contributed by atoms with Gasteiger partial charge in [-0.25, -0.2) is 0 Å². The summed E-state index contributed by atoms with van der Waals surface area (Å²) in [6.07, 6.45) is 4.18. The van der Waals surface area contributed by atoms with Gasteiger partial charge < -0.3 is 4.74 Å². The first-order valence-electron chi connectivity index (χ1n) is 7.14. The van der Waals surface area contributed by atoms with Crippen LogP contribution >= 0.6 is 0 Å². The molecule has 1 heterocycles. The van der Waals surface area contributed by atoms with Gasteiger partial charge in [-0.05, 0) is 37.1 Å². The summed E-state index contributed by atoms with van der Waals surface area (Å²) in [6.45, 7) is 0. The van der Waals surface area contributed by atoms with Gasteiger partial charge in [-0.3, -0.25) is 15.2 Å². The Morgan fingerprint density at radius 1 is 1.29 bits per heavy atom. The maximum atomic E-state index is 12.0. The number of nitrogens with one attached hydrogen (secondary N) is 2. The van der Waals surface area contributed by atoms with Crippen LogP contribution in [0.1, 0.15) is 25.7 Å². The van der Waals surface area contributed by atoms with Crippen LogP contribution in [0, 0.1) is 5.92 Å². The second-order valence-electron chi connectivity index (χ2n) is 5.21. The number of benzene rings is 1. The molecule has 21 heavy (non-hydrogen) atoms. The molecule has 1 aliphatic rings. The molecule has 1 aromatic carbocycles. The zero-order valence-corrected chi connectivity index (χ0v) is 11.9. The van der Waals surface area contributed by atoms with Gasteiger partial charge in [0.25, 0.3) is 0 Å². The van der Waals surface area contributed by atoms with E-state index in [1.165, 1.54) is 0 Å². The summed E-state index contributed by atoms with van der Waals surface area (Å²) in [6, 6.07) is 7.49. The topological polar surface area (TPSA) is 79.9 Å². The zero-order valence-electron chi connectivity index (χ0n) is 11.9. The minimum atomic E-state index is 0.0211. The van der Waals surface area contributed by atoms with E-state index < -0.39 is 0 Å². The van der Waals surface area contributed by atoms with Crippen molar-refractivity contribution in [2.24, 2.45) is 5.92 Å². The van der Waals surface area contributed by atoms with E-state index in [4.69, 9.17) is 4.74 Å². The monoisotopic (exact) mass is 286 g/mol. The predicted molar refractivity (Wildman–Crippen MR) is 79.0 cm³/mol. The number of aromatic nitrogens is 3. The molecule has 1 fully saturated rings. The normalized spacial score (nSPS) is 15.1. The molecule has 0 radical (unpaired) electrons. The molecular formula is C15H18N4O2. The van der Waals surface area contributed by atoms with Gasteiger partial charge >= 0.3 is 0 Å². The van der Waals surface area contributed by atoms with Gasteiger partial charge in [0.05, 0.1) is 7.11 Å². The van der Waals surface area contributed by atoms with Crippen LogP contribution in [0.25, 0.3) is 11.4 Å². The number of anilines is 1. The average molecular weight is 286 g/mol. The lowest BCUT2D eigenvalue weighted by Gasteiger charge is -2.06. The van der Waals surface area contributed by atoms with Crippen molar-refractivity contribution < 1.29 is 9.53 Å². The number of carbonyl (C=O) groups is 1. The number of rotatable bonds is 4. The first kappa shape index (κ1) is 13.6. The summed E-state index contributed by atoms with van der Waals surface area (Å²) in [5.41, 5.74) is 0.893. The maximum Gasteiger partial charge on any atom is 0.249 e. The smallest absolute Gasteiger partial charge is 0.249 e. The maximum absolute atomic E-state index is 12.0. The van der Waals surface area contributed by atoms with Crippen molar-refractivity contribution in [3.8, 4) is 17.1 Å². The molecule has 2 N–H and O–H groups in total. The molecule has 6 nitrogen and oxygen atoms in total. The molecule has 0 bridgehead atoms. The number of carbonyl (C=O) groups excluding carboxylic acids is 1. The van der Waals surface area contributed by atoms with Gasteiger partial charge in [-0.2, -0.15) is 4.98 Å². The van der Waals surface area contributed by atoms with Gasteiger partial charge in [0, 0.05) is 11.5 Å². The summed E-state index contributed by atoms with van der Waals surface area (Å²) >= 11 is 0. The lowest BCUT2D eigenvalue weighted by Crippen LogP contribution is -2.20. The van der Waals surface area contributed by atoms with Crippen LogP contribution in [0.15, 0.2) is 24.3 Å². The highest BCUT2D eigenvalue weighted by atomic mass is 16.5. The molecule has 6 heteroatoms. The van der Waals surface area contributed by atoms with Crippen molar-refractivity contribution in [3.63, 3.8) is 0 Å². The Labute approximate surface area is 122 Å². The van der Waals surface area contributed by atoms with Crippen molar-refractivity contribution in [2.45, 2.75) is 25.7 Å². The van der Waals surface area contributed by atoms with Crippen molar-refractivity contribution in [2.75, 3.05) is 12.4 Å². The van der Waals surface area contributed by atoms with E-state index in [9.17, 15) is 4.79 Å². The standard InChI is InChI=1S/C15H18N4O2/c1-21-12-8-6-10(7-9-12)13-16-15(19-18-13)17-14(20)11-4-2-3-5-11/h6-9,11H,2-5H2,1H3,(H2,16,17,18,19,20). The number of nitrogens with zero attached hydrogens (tertiary/aromatic N) is 2. The fourth-order valence-corrected chi connectivity index (χ4v) is 2.60. The SMILES string of the molecule is COc1ccc(-c2nc(NC(=O)C3CCCC3)n[nH]2)cc1. The minimum absolute atomic E-state index is 0.0211. The Morgan fingerprint density at radius 3 is 2.67 bits per heavy atom. The van der Waals surface area contributed by atoms with Crippen molar-refractivity contribution in [1.29, 1.82) is 0 Å². The van der Waals surface area contributed by atoms with Crippen LogP contribution in [0.2, 0.25) is 0 Å². The highest BCUT2D eigenvalue weighted by Crippen LogP contribution is 2.26. The number of H-pyrrole nitrogens is 1. The van der Waals surface area contributed by atoms with E-state index in [1.807, 2.05) is 24.3 Å². The third kappa shape index (κ3) is 3.04. The Kier molecular flexibility index (Phi) is 3.85. The Morgan fingerprint density at radius 2 is 2.00 bits per heavy atom. The number of amides is 1. The summed E-state index contributed by atoms with van der Waals surface area (Å²) in [4.78, 5) is 16.3. The second kappa shape index (κ2) is 5.95. The predicted octanol–water partition coefficient (Wildman–Crippen LogP) is 2.61. The number of hydrogen-bond donors (Lipinski definition) is 2. The van der Waals surface area contributed by atoms with Crippen LogP contribution in [0.3, 0.4) is 0 Å². The molecule has 1 amide bonds. The van der Waals surface area contributed by atoms with E-state index in [-0.39, 0.29) is 11.8 Å². The van der Waals surface area contributed by atoms with Gasteiger partial charge in [-0.1, -0.05) is 12.8 Å². The number of ether oxygens (including phenoxy) is 1. The highest BCUT2D eigenvalue weighted by Gasteiger charge is 2.23. The molecule has 3 rings (SSSR count). The van der Waals surface area contributed by atoms with Gasteiger partial charge in [0.2, 0.25) is 11.9 Å². The lowest BCUT2D eigenvalue weighted by molar-refractivity contribution is -0.119. The van der Waals surface area contributed by atoms with Crippen LogP contribution < -0.4 is 10.1 Å². The van der Waals surface area contributed by atoms with E-state index >= 15 is 0 Å². The molecule has 0 aliphatic heterocycles. The molecule has 0 saturated heterocycles. The molecule has 2 aromatic rings. The molecule has 0 unspecified atom stereocenters. The fourth-order valence-electron chi connectivity index (χ4n) is 2.60. The van der Waals surface area contributed by atoms with Crippen LogP contribution in [0.4, 0.5) is 5.95 Å². The largest absolute Gasteiger partial charge is 0.497 e. The van der Waals surface area contributed by atoms with E-state index in [2.05, 4.69) is 20.5 Å². The molecule has 0 spiro atoms. The summed E-state index contributed by atoms with van der Waals surface area (Å²) in [5.74, 6) is 1.87. The highest BCUT2D eigenvalue weighted by molar-refractivity contribution is 5.91. The molecular weight excluding hydrogens is 268 g/mol. The van der Waals surface area contributed by atoms with Crippen LogP contribution in [-0.4, -0.2) is 28.2 Å². The van der Waals surface area contributed by atoms with Crippen LogP contribution in [-0.2, 0) is 4.79 Å². The summed E-state index contributed by atoms with van der Waals surface area (Å²) < 4.78 is 5.12. The molecule has 1 aliphatic carbocycles. The van der Waals surface area contributed by atoms with Crippen molar-refractivity contribution in [3.05, 3.63) is 24.3 Å². The average Bonchev–Trinajstić information content (AvgIpc) is 3.19. The molecule has 110 valence electrons. The fraction of sp³-hybridized carbons (Fsp3) is 0.400.